The van der Waals surface area contributed by atoms with Gasteiger partial charge in [-0.1, -0.05) is 13.8 Å². The molecule has 1 aromatic rings. The first-order valence-electron chi connectivity index (χ1n) is 13.6. The Morgan fingerprint density at radius 3 is 2.36 bits per heavy atom. The summed E-state index contributed by atoms with van der Waals surface area (Å²) >= 11 is 0. The third kappa shape index (κ3) is 4.32. The van der Waals surface area contributed by atoms with E-state index < -0.39 is 98.7 Å². The van der Waals surface area contributed by atoms with Crippen LogP contribution in [-0.4, -0.2) is 86.5 Å². The van der Waals surface area contributed by atoms with Crippen LogP contribution in [-0.2, 0) is 28.7 Å². The van der Waals surface area contributed by atoms with Gasteiger partial charge in [-0.3, -0.25) is 24.2 Å². The number of primary amides is 1. The summed E-state index contributed by atoms with van der Waals surface area (Å²) in [7, 11) is 2.94. The number of aliphatic hydroxyl groups is 3. The number of aliphatic hydroxyl groups excluding tert-OH is 2. The Morgan fingerprint density at radius 1 is 1.19 bits per heavy atom. The summed E-state index contributed by atoms with van der Waals surface area (Å²) in [6, 6.07) is -0.320. The molecule has 1 fully saturated rings. The number of ketones is 2. The number of fused-ring (bicyclic) bond motifs is 3. The van der Waals surface area contributed by atoms with E-state index in [4.69, 9.17) is 5.73 Å². The zero-order chi connectivity index (χ0) is 31.3. The van der Waals surface area contributed by atoms with E-state index >= 15 is 0 Å². The molecule has 0 unspecified atom stereocenters. The second-order valence-corrected chi connectivity index (χ2v) is 12.9. The normalized spacial score (nSPS) is 29.6. The number of carbonyl (C=O) groups excluding carboxylic acids is 3. The molecule has 4 atom stereocenters. The van der Waals surface area contributed by atoms with E-state index in [-0.39, 0.29) is 23.9 Å². The number of likely N-dealkylation sites (tertiary alicyclic amines) is 1. The Labute approximate surface area is 239 Å². The van der Waals surface area contributed by atoms with E-state index in [2.05, 4.69) is 0 Å². The first kappa shape index (κ1) is 30.1. The number of allylic oxidation sites excluding steroid dienone is 1. The lowest BCUT2D eigenvalue weighted by molar-refractivity contribution is -0.148. The van der Waals surface area contributed by atoms with Crippen LogP contribution < -0.4 is 5.73 Å². The lowest BCUT2D eigenvalue weighted by atomic mass is 9.58. The summed E-state index contributed by atoms with van der Waals surface area (Å²) in [6.45, 7) is 5.05. The number of alkyl halides is 3. The van der Waals surface area contributed by atoms with Crippen molar-refractivity contribution in [2.75, 3.05) is 27.2 Å². The molecule has 0 radical (unpaired) electrons. The fourth-order valence-electron chi connectivity index (χ4n) is 7.47. The van der Waals surface area contributed by atoms with Gasteiger partial charge in [0.2, 0.25) is 5.78 Å². The number of amides is 1. The number of likely N-dealkylation sites (N-methyl/N-ethyl adjacent to an activating group) is 1. The second-order valence-electron chi connectivity index (χ2n) is 12.9. The number of aromatic hydroxyl groups is 1. The average molecular weight is 594 g/mol. The SMILES string of the molecule is CN(C)[C@@H]1C(O)=C(C(N)=O)C(=O)[C@@]2(O)C(O)=C3C(=O)c4c(O)cc(CN5CCC(C)(C)C5)c(C(F)(F)F)c4C[C@H]3C[C@@H]12. The summed E-state index contributed by atoms with van der Waals surface area (Å²) in [5, 5.41) is 44.7. The predicted octanol–water partition coefficient (Wildman–Crippen LogP) is 2.37. The van der Waals surface area contributed by atoms with Crippen LogP contribution in [0.5, 0.6) is 5.75 Å². The zero-order valence-corrected chi connectivity index (χ0v) is 23.7. The first-order valence-corrected chi connectivity index (χ1v) is 13.6. The molecule has 6 N–H and O–H groups in total. The van der Waals surface area contributed by atoms with Gasteiger partial charge in [-0.05, 0) is 68.4 Å². The second kappa shape index (κ2) is 9.55. The molecule has 0 saturated carbocycles. The molecular weight excluding hydrogens is 559 g/mol. The van der Waals surface area contributed by atoms with Crippen molar-refractivity contribution in [1.29, 1.82) is 0 Å². The van der Waals surface area contributed by atoms with Crippen molar-refractivity contribution in [3.63, 3.8) is 0 Å². The van der Waals surface area contributed by atoms with Crippen molar-refractivity contribution in [2.24, 2.45) is 23.0 Å². The van der Waals surface area contributed by atoms with Gasteiger partial charge < -0.3 is 26.2 Å². The Hall–Kier alpha value is -3.42. The Bertz CT molecular complexity index is 1480. The Morgan fingerprint density at radius 2 is 1.83 bits per heavy atom. The maximum Gasteiger partial charge on any atom is 0.417 e. The molecule has 1 amide bonds. The molecule has 13 heteroatoms. The maximum atomic E-state index is 14.7. The molecule has 5 rings (SSSR count). The van der Waals surface area contributed by atoms with Crippen LogP contribution in [0.4, 0.5) is 13.2 Å². The molecule has 0 spiro atoms. The highest BCUT2D eigenvalue weighted by molar-refractivity contribution is 6.24. The standard InChI is InChI=1S/C29H34F3N3O7/c1-27(2)5-6-35(11-27)10-13-9-16(36)18-14(20(13)29(30,31)32)7-12-8-15-21(34(3)4)23(38)19(26(33)41)25(40)28(15,42)24(39)17(12)22(18)37/h9,12,15,21,36,38-39,42H,5-8,10-11H2,1-4H3,(H2,33,41)/t12-,15-,21-,28-/m0/s1. The molecule has 0 aromatic heterocycles. The number of phenolic OH excluding ortho intramolecular Hbond substituents is 1. The molecular formula is C29H34F3N3O7. The van der Waals surface area contributed by atoms with Crippen molar-refractivity contribution < 1.29 is 48.0 Å². The van der Waals surface area contributed by atoms with E-state index in [1.165, 1.54) is 19.0 Å². The highest BCUT2D eigenvalue weighted by Gasteiger charge is 2.63. The van der Waals surface area contributed by atoms with Crippen LogP contribution in [0.1, 0.15) is 53.7 Å². The largest absolute Gasteiger partial charge is 0.510 e. The quantitative estimate of drug-likeness (QED) is 0.330. The van der Waals surface area contributed by atoms with Crippen LogP contribution in [0, 0.1) is 17.3 Å². The average Bonchev–Trinajstić information content (AvgIpc) is 3.17. The first-order chi connectivity index (χ1) is 19.3. The van der Waals surface area contributed by atoms with Crippen molar-refractivity contribution in [1.82, 2.24) is 9.80 Å². The molecule has 1 aromatic carbocycles. The third-order valence-corrected chi connectivity index (χ3v) is 9.24. The van der Waals surface area contributed by atoms with Gasteiger partial charge in [0.15, 0.2) is 11.4 Å². The molecule has 4 aliphatic rings. The minimum Gasteiger partial charge on any atom is -0.510 e. The lowest BCUT2D eigenvalue weighted by Gasteiger charge is -2.50. The third-order valence-electron chi connectivity index (χ3n) is 9.24. The number of phenols is 1. The van der Waals surface area contributed by atoms with E-state index in [0.717, 1.165) is 12.5 Å². The highest BCUT2D eigenvalue weighted by atomic mass is 19.4. The van der Waals surface area contributed by atoms with Crippen LogP contribution in [0.2, 0.25) is 0 Å². The summed E-state index contributed by atoms with van der Waals surface area (Å²) in [5.41, 5.74) is -1.40. The van der Waals surface area contributed by atoms with Gasteiger partial charge in [0.05, 0.1) is 17.2 Å². The smallest absolute Gasteiger partial charge is 0.417 e. The van der Waals surface area contributed by atoms with E-state index in [9.17, 15) is 48.0 Å². The summed E-state index contributed by atoms with van der Waals surface area (Å²) < 4.78 is 44.1. The highest BCUT2D eigenvalue weighted by Crippen LogP contribution is 2.54. The van der Waals surface area contributed by atoms with Gasteiger partial charge in [-0.2, -0.15) is 13.2 Å². The van der Waals surface area contributed by atoms with Gasteiger partial charge >= 0.3 is 6.18 Å². The maximum absolute atomic E-state index is 14.7. The minimum absolute atomic E-state index is 0.0878. The Kier molecular flexibility index (Phi) is 6.83. The van der Waals surface area contributed by atoms with E-state index in [0.29, 0.717) is 13.1 Å². The number of halogens is 3. The van der Waals surface area contributed by atoms with Crippen LogP contribution in [0.15, 0.2) is 28.7 Å². The molecule has 1 heterocycles. The number of hydrogen-bond donors (Lipinski definition) is 5. The van der Waals surface area contributed by atoms with Crippen LogP contribution >= 0.6 is 0 Å². The van der Waals surface area contributed by atoms with Crippen LogP contribution in [0.25, 0.3) is 0 Å². The fraction of sp³-hybridized carbons (Fsp3) is 0.552. The Balaban J connectivity index is 1.68. The van der Waals surface area contributed by atoms with Crippen LogP contribution in [0.3, 0.4) is 0 Å². The molecule has 228 valence electrons. The van der Waals surface area contributed by atoms with Gasteiger partial charge in [0.1, 0.15) is 22.8 Å². The van der Waals surface area contributed by atoms with E-state index in [1.807, 2.05) is 18.7 Å². The molecule has 10 nitrogen and oxygen atoms in total. The number of Topliss-reactive ketones (excluding diaryl/α,β-unsaturated/α-hetero) is 2. The zero-order valence-electron chi connectivity index (χ0n) is 23.7. The van der Waals surface area contributed by atoms with Gasteiger partial charge in [0.25, 0.3) is 5.91 Å². The molecule has 3 aliphatic carbocycles. The number of hydrogen-bond acceptors (Lipinski definition) is 9. The van der Waals surface area contributed by atoms with Crippen molar-refractivity contribution >= 4 is 17.5 Å². The van der Waals surface area contributed by atoms with Crippen molar-refractivity contribution in [3.05, 3.63) is 51.0 Å². The summed E-state index contributed by atoms with van der Waals surface area (Å²) in [4.78, 5) is 42.5. The number of carbonyl (C=O) groups is 3. The number of nitrogens with two attached hydrogens (primary N) is 1. The molecule has 0 bridgehead atoms. The van der Waals surface area contributed by atoms with Gasteiger partial charge in [-0.15, -0.1) is 0 Å². The summed E-state index contributed by atoms with van der Waals surface area (Å²) in [6.07, 6.45) is -4.83. The summed E-state index contributed by atoms with van der Waals surface area (Å²) in [5.74, 6) is -8.95. The molecule has 1 aliphatic heterocycles. The lowest BCUT2D eigenvalue weighted by Crippen LogP contribution is -2.63. The number of nitrogens with zero attached hydrogens (tertiary/aromatic N) is 2. The van der Waals surface area contributed by atoms with Gasteiger partial charge in [0, 0.05) is 24.6 Å². The number of benzene rings is 1. The predicted molar refractivity (Wildman–Crippen MR) is 142 cm³/mol. The van der Waals surface area contributed by atoms with Crippen molar-refractivity contribution in [2.45, 2.75) is 57.5 Å². The topological polar surface area (TPSA) is 165 Å². The van der Waals surface area contributed by atoms with Gasteiger partial charge in [-0.25, -0.2) is 0 Å². The minimum atomic E-state index is -4.88. The molecule has 1 saturated heterocycles. The molecule has 42 heavy (non-hydrogen) atoms. The number of rotatable bonds is 4. The monoisotopic (exact) mass is 593 g/mol. The van der Waals surface area contributed by atoms with Crippen molar-refractivity contribution in [3.8, 4) is 5.75 Å². The van der Waals surface area contributed by atoms with E-state index in [1.54, 1.807) is 0 Å². The fourth-order valence-corrected chi connectivity index (χ4v) is 7.47.